The fraction of sp³-hybridized carbons (Fsp3) is 0.526. The molecule has 2 aromatic rings. The molecule has 1 aliphatic rings. The van der Waals surface area contributed by atoms with Crippen LogP contribution >= 0.6 is 0 Å². The average Bonchev–Trinajstić information content (AvgIpc) is 3.00. The Bertz CT molecular complexity index is 716. The van der Waals surface area contributed by atoms with Crippen molar-refractivity contribution in [3.63, 3.8) is 0 Å². The van der Waals surface area contributed by atoms with Gasteiger partial charge in [0, 0.05) is 26.1 Å². The molecule has 2 N–H and O–H groups in total. The number of benzene rings is 1. The van der Waals surface area contributed by atoms with Crippen LogP contribution in [0.2, 0.25) is 0 Å². The number of aryl methyl sites for hydroxylation is 3. The summed E-state index contributed by atoms with van der Waals surface area (Å²) in [6.07, 6.45) is 4.09. The summed E-state index contributed by atoms with van der Waals surface area (Å²) in [5.41, 5.74) is 2.73. The van der Waals surface area contributed by atoms with Crippen LogP contribution in [-0.2, 0) is 25.8 Å². The molecule has 1 unspecified atom stereocenters. The van der Waals surface area contributed by atoms with Gasteiger partial charge in [-0.15, -0.1) is 0 Å². The second-order valence-corrected chi connectivity index (χ2v) is 6.56. The molecule has 3 rings (SSSR count). The lowest BCUT2D eigenvalue weighted by Gasteiger charge is -2.25. The van der Waals surface area contributed by atoms with Gasteiger partial charge in [0.2, 0.25) is 0 Å². The van der Waals surface area contributed by atoms with E-state index in [0.717, 1.165) is 56.4 Å². The van der Waals surface area contributed by atoms with Gasteiger partial charge in [0.05, 0.1) is 6.54 Å². The van der Waals surface area contributed by atoms with Crippen LogP contribution in [0.3, 0.4) is 0 Å². The summed E-state index contributed by atoms with van der Waals surface area (Å²) in [5.74, 6) is 2.80. The molecular formula is C19H28N6. The fourth-order valence-electron chi connectivity index (χ4n) is 3.21. The van der Waals surface area contributed by atoms with Crippen LogP contribution in [0.5, 0.6) is 0 Å². The summed E-state index contributed by atoms with van der Waals surface area (Å²) >= 11 is 0. The SMILES string of the molecule is CCc1ccc(CCNC(=NC)NC2CCc3nc(C)nn3C2)cc1. The van der Waals surface area contributed by atoms with Gasteiger partial charge in [-0.1, -0.05) is 31.2 Å². The van der Waals surface area contributed by atoms with E-state index < -0.39 is 0 Å². The molecule has 0 spiro atoms. The standard InChI is InChI=1S/C19H28N6/c1-4-15-5-7-16(8-6-15)11-12-21-19(20-3)23-17-9-10-18-22-14(2)24-25(18)13-17/h5-8,17H,4,9-13H2,1-3H3,(H2,20,21,23). The van der Waals surface area contributed by atoms with Gasteiger partial charge in [0.25, 0.3) is 0 Å². The minimum Gasteiger partial charge on any atom is -0.356 e. The molecule has 0 saturated heterocycles. The van der Waals surface area contributed by atoms with Crippen LogP contribution < -0.4 is 10.6 Å². The summed E-state index contributed by atoms with van der Waals surface area (Å²) < 4.78 is 2.01. The monoisotopic (exact) mass is 340 g/mol. The Kier molecular flexibility index (Phi) is 5.68. The molecule has 0 amide bonds. The molecule has 1 aromatic carbocycles. The summed E-state index contributed by atoms with van der Waals surface area (Å²) in [6, 6.07) is 9.19. The number of fused-ring (bicyclic) bond motifs is 1. The summed E-state index contributed by atoms with van der Waals surface area (Å²) in [4.78, 5) is 8.81. The van der Waals surface area contributed by atoms with Crippen LogP contribution in [0, 0.1) is 6.92 Å². The quantitative estimate of drug-likeness (QED) is 0.644. The maximum atomic E-state index is 4.46. The molecule has 1 aromatic heterocycles. The predicted molar refractivity (Wildman–Crippen MR) is 101 cm³/mol. The van der Waals surface area contributed by atoms with Crippen LogP contribution in [0.25, 0.3) is 0 Å². The Balaban J connectivity index is 1.46. The molecule has 0 bridgehead atoms. The molecule has 25 heavy (non-hydrogen) atoms. The van der Waals surface area contributed by atoms with Gasteiger partial charge in [0.15, 0.2) is 5.96 Å². The highest BCUT2D eigenvalue weighted by Gasteiger charge is 2.21. The maximum absolute atomic E-state index is 4.46. The van der Waals surface area contributed by atoms with Gasteiger partial charge < -0.3 is 10.6 Å². The average molecular weight is 340 g/mol. The number of aliphatic imine (C=N–C) groups is 1. The highest BCUT2D eigenvalue weighted by Crippen LogP contribution is 2.12. The highest BCUT2D eigenvalue weighted by atomic mass is 15.4. The lowest BCUT2D eigenvalue weighted by Crippen LogP contribution is -2.47. The largest absolute Gasteiger partial charge is 0.356 e. The fourth-order valence-corrected chi connectivity index (χ4v) is 3.21. The Morgan fingerprint density at radius 2 is 2.04 bits per heavy atom. The maximum Gasteiger partial charge on any atom is 0.191 e. The number of hydrogen-bond acceptors (Lipinski definition) is 3. The Morgan fingerprint density at radius 3 is 2.76 bits per heavy atom. The van der Waals surface area contributed by atoms with Gasteiger partial charge in [-0.05, 0) is 37.3 Å². The van der Waals surface area contributed by atoms with E-state index in [0.29, 0.717) is 6.04 Å². The van der Waals surface area contributed by atoms with Crippen molar-refractivity contribution in [1.82, 2.24) is 25.4 Å². The van der Waals surface area contributed by atoms with Gasteiger partial charge in [-0.3, -0.25) is 4.99 Å². The van der Waals surface area contributed by atoms with E-state index in [1.165, 1.54) is 11.1 Å². The highest BCUT2D eigenvalue weighted by molar-refractivity contribution is 5.79. The van der Waals surface area contributed by atoms with E-state index in [-0.39, 0.29) is 0 Å². The van der Waals surface area contributed by atoms with E-state index in [9.17, 15) is 0 Å². The Morgan fingerprint density at radius 1 is 1.28 bits per heavy atom. The molecule has 2 heterocycles. The van der Waals surface area contributed by atoms with Crippen molar-refractivity contribution >= 4 is 5.96 Å². The van der Waals surface area contributed by atoms with E-state index in [4.69, 9.17) is 0 Å². The second-order valence-electron chi connectivity index (χ2n) is 6.56. The molecule has 0 radical (unpaired) electrons. The smallest absolute Gasteiger partial charge is 0.191 e. The number of hydrogen-bond donors (Lipinski definition) is 2. The van der Waals surface area contributed by atoms with Crippen molar-refractivity contribution in [3.05, 3.63) is 47.0 Å². The van der Waals surface area contributed by atoms with Crippen molar-refractivity contribution in [2.75, 3.05) is 13.6 Å². The van der Waals surface area contributed by atoms with Crippen molar-refractivity contribution in [2.24, 2.45) is 4.99 Å². The normalized spacial score (nSPS) is 17.2. The van der Waals surface area contributed by atoms with E-state index in [2.05, 4.69) is 56.9 Å². The lowest BCUT2D eigenvalue weighted by atomic mass is 10.1. The van der Waals surface area contributed by atoms with Crippen LogP contribution in [-0.4, -0.2) is 40.4 Å². The minimum atomic E-state index is 0.337. The van der Waals surface area contributed by atoms with Gasteiger partial charge in [-0.2, -0.15) is 5.10 Å². The van der Waals surface area contributed by atoms with Crippen LogP contribution in [0.1, 0.15) is 36.1 Å². The summed E-state index contributed by atoms with van der Waals surface area (Å²) in [7, 11) is 1.82. The van der Waals surface area contributed by atoms with Crippen molar-refractivity contribution in [1.29, 1.82) is 0 Å². The first kappa shape index (κ1) is 17.5. The van der Waals surface area contributed by atoms with E-state index in [1.807, 2.05) is 18.7 Å². The number of aromatic nitrogens is 3. The Labute approximate surface area is 149 Å². The van der Waals surface area contributed by atoms with Gasteiger partial charge in [-0.25, -0.2) is 9.67 Å². The van der Waals surface area contributed by atoms with Crippen molar-refractivity contribution < 1.29 is 0 Å². The summed E-state index contributed by atoms with van der Waals surface area (Å²) in [5, 5.41) is 11.4. The topological polar surface area (TPSA) is 67.1 Å². The predicted octanol–water partition coefficient (Wildman–Crippen LogP) is 1.87. The van der Waals surface area contributed by atoms with E-state index in [1.54, 1.807) is 0 Å². The van der Waals surface area contributed by atoms with E-state index >= 15 is 0 Å². The number of rotatable bonds is 5. The van der Waals surface area contributed by atoms with Crippen LogP contribution in [0.15, 0.2) is 29.3 Å². The number of nitrogens with one attached hydrogen (secondary N) is 2. The number of guanidine groups is 1. The van der Waals surface area contributed by atoms with Gasteiger partial charge >= 0.3 is 0 Å². The number of nitrogens with zero attached hydrogens (tertiary/aromatic N) is 4. The van der Waals surface area contributed by atoms with Crippen molar-refractivity contribution in [2.45, 2.75) is 52.1 Å². The molecule has 1 atom stereocenters. The first-order valence-corrected chi connectivity index (χ1v) is 9.13. The molecule has 1 aliphatic heterocycles. The Hall–Kier alpha value is -2.37. The molecule has 6 heteroatoms. The molecule has 0 saturated carbocycles. The zero-order valence-corrected chi connectivity index (χ0v) is 15.4. The van der Waals surface area contributed by atoms with Gasteiger partial charge in [0.1, 0.15) is 11.6 Å². The third-order valence-electron chi connectivity index (χ3n) is 4.67. The zero-order chi connectivity index (χ0) is 17.6. The molecular weight excluding hydrogens is 312 g/mol. The molecule has 134 valence electrons. The lowest BCUT2D eigenvalue weighted by molar-refractivity contribution is 0.392. The minimum absolute atomic E-state index is 0.337. The molecule has 0 aliphatic carbocycles. The first-order valence-electron chi connectivity index (χ1n) is 9.13. The molecule has 6 nitrogen and oxygen atoms in total. The summed E-state index contributed by atoms with van der Waals surface area (Å²) in [6.45, 7) is 5.84. The zero-order valence-electron chi connectivity index (χ0n) is 15.4. The molecule has 0 fully saturated rings. The first-order chi connectivity index (χ1) is 12.2. The third kappa shape index (κ3) is 4.59. The van der Waals surface area contributed by atoms with Crippen molar-refractivity contribution in [3.8, 4) is 0 Å². The third-order valence-corrected chi connectivity index (χ3v) is 4.67. The van der Waals surface area contributed by atoms with Crippen LogP contribution in [0.4, 0.5) is 0 Å². The second kappa shape index (κ2) is 8.14.